The van der Waals surface area contributed by atoms with Gasteiger partial charge in [0, 0.05) is 18.8 Å². The van der Waals surface area contributed by atoms with Crippen molar-refractivity contribution in [1.29, 1.82) is 0 Å². The summed E-state index contributed by atoms with van der Waals surface area (Å²) in [6.45, 7) is 6.00. The molecule has 0 radical (unpaired) electrons. The summed E-state index contributed by atoms with van der Waals surface area (Å²) in [5.74, 6) is 0. The van der Waals surface area contributed by atoms with Crippen molar-refractivity contribution in [2.45, 2.75) is 26.4 Å². The topological polar surface area (TPSA) is 29.9 Å². The largest absolute Gasteiger partial charge is 0.309 e. The van der Waals surface area contributed by atoms with Crippen molar-refractivity contribution in [3.63, 3.8) is 0 Å². The summed E-state index contributed by atoms with van der Waals surface area (Å²) in [5.41, 5.74) is 2.44. The normalized spacial score (nSPS) is 12.9. The molecule has 1 aromatic carbocycles. The third-order valence-corrected chi connectivity index (χ3v) is 2.92. The zero-order valence-corrected chi connectivity index (χ0v) is 11.6. The number of rotatable bonds is 6. The van der Waals surface area contributed by atoms with Crippen LogP contribution in [0.2, 0.25) is 0 Å². The fourth-order valence-corrected chi connectivity index (χ4v) is 1.94. The molecule has 1 aromatic heterocycles. The molecule has 0 spiro atoms. The molecule has 0 saturated heterocycles. The molecule has 3 nitrogen and oxygen atoms in total. The van der Waals surface area contributed by atoms with Crippen molar-refractivity contribution in [3.05, 3.63) is 59.9 Å². The van der Waals surface area contributed by atoms with Crippen LogP contribution in [0.15, 0.2) is 48.8 Å². The molecule has 0 aliphatic heterocycles. The lowest BCUT2D eigenvalue weighted by atomic mass is 10.2. The first-order chi connectivity index (χ1) is 9.24. The van der Waals surface area contributed by atoms with Crippen LogP contribution < -0.4 is 5.32 Å². The maximum absolute atomic E-state index is 4.29. The minimum absolute atomic E-state index is 0.403. The average molecular weight is 255 g/mol. The molecular weight excluding hydrogens is 234 g/mol. The van der Waals surface area contributed by atoms with Gasteiger partial charge in [-0.2, -0.15) is 5.10 Å². The quantitative estimate of drug-likeness (QED) is 0.860. The van der Waals surface area contributed by atoms with Gasteiger partial charge in [0.05, 0.1) is 12.7 Å². The Balaban J connectivity index is 1.72. The van der Waals surface area contributed by atoms with E-state index in [0.29, 0.717) is 6.04 Å². The first kappa shape index (κ1) is 13.6. The predicted octanol–water partition coefficient (Wildman–Crippen LogP) is 2.88. The van der Waals surface area contributed by atoms with Gasteiger partial charge in [0.25, 0.3) is 0 Å². The Morgan fingerprint density at radius 2 is 2.11 bits per heavy atom. The first-order valence-electron chi connectivity index (χ1n) is 6.68. The highest BCUT2D eigenvalue weighted by Crippen LogP contribution is 2.00. The van der Waals surface area contributed by atoms with E-state index in [1.165, 1.54) is 11.1 Å². The summed E-state index contributed by atoms with van der Waals surface area (Å²) in [6, 6.07) is 10.7. The summed E-state index contributed by atoms with van der Waals surface area (Å²) >= 11 is 0. The monoisotopic (exact) mass is 255 g/mol. The number of aromatic nitrogens is 2. The lowest BCUT2D eigenvalue weighted by molar-refractivity contribution is 0.468. The number of nitrogens with zero attached hydrogens (tertiary/aromatic N) is 2. The van der Waals surface area contributed by atoms with Gasteiger partial charge in [0.15, 0.2) is 0 Å². The minimum Gasteiger partial charge on any atom is -0.309 e. The van der Waals surface area contributed by atoms with Gasteiger partial charge >= 0.3 is 0 Å². The average Bonchev–Trinajstić information content (AvgIpc) is 2.81. The zero-order chi connectivity index (χ0) is 13.5. The van der Waals surface area contributed by atoms with E-state index < -0.39 is 0 Å². The molecule has 2 aromatic rings. The molecule has 0 aliphatic carbocycles. The van der Waals surface area contributed by atoms with Crippen molar-refractivity contribution < 1.29 is 0 Å². The first-order valence-corrected chi connectivity index (χ1v) is 6.68. The van der Waals surface area contributed by atoms with E-state index in [2.05, 4.69) is 66.9 Å². The van der Waals surface area contributed by atoms with Crippen molar-refractivity contribution >= 4 is 6.08 Å². The lowest BCUT2D eigenvalue weighted by Crippen LogP contribution is -2.30. The standard InChI is InChI=1S/C16H21N3/c1-14-11-18-19(12-14)13-15(2)17-10-6-9-16-7-4-3-5-8-16/h3-9,11-12,15,17H,10,13H2,1-2H3/b9-6+. The van der Waals surface area contributed by atoms with Gasteiger partial charge in [-0.15, -0.1) is 0 Å². The van der Waals surface area contributed by atoms with Crippen LogP contribution in [-0.2, 0) is 6.54 Å². The Kier molecular flexibility index (Phi) is 4.93. The number of aryl methyl sites for hydroxylation is 1. The van der Waals surface area contributed by atoms with Gasteiger partial charge in [-0.25, -0.2) is 0 Å². The number of hydrogen-bond donors (Lipinski definition) is 1. The Morgan fingerprint density at radius 3 is 2.79 bits per heavy atom. The van der Waals surface area contributed by atoms with Crippen LogP contribution in [0.5, 0.6) is 0 Å². The van der Waals surface area contributed by atoms with Gasteiger partial charge in [0.1, 0.15) is 0 Å². The molecule has 100 valence electrons. The highest BCUT2D eigenvalue weighted by Gasteiger charge is 2.01. The molecule has 1 heterocycles. The van der Waals surface area contributed by atoms with E-state index in [4.69, 9.17) is 0 Å². The Morgan fingerprint density at radius 1 is 1.32 bits per heavy atom. The summed E-state index contributed by atoms with van der Waals surface area (Å²) in [4.78, 5) is 0. The molecule has 1 atom stereocenters. The van der Waals surface area contributed by atoms with Crippen LogP contribution in [0, 0.1) is 6.92 Å². The summed E-state index contributed by atoms with van der Waals surface area (Å²) in [5, 5.41) is 7.75. The lowest BCUT2D eigenvalue weighted by Gasteiger charge is -2.12. The summed E-state index contributed by atoms with van der Waals surface area (Å²) < 4.78 is 1.98. The van der Waals surface area contributed by atoms with Gasteiger partial charge in [-0.1, -0.05) is 42.5 Å². The van der Waals surface area contributed by atoms with Gasteiger partial charge in [-0.05, 0) is 25.0 Å². The number of hydrogen-bond acceptors (Lipinski definition) is 2. The van der Waals surface area contributed by atoms with E-state index in [1.807, 2.05) is 16.9 Å². The molecule has 1 unspecified atom stereocenters. The van der Waals surface area contributed by atoms with Crippen LogP contribution in [-0.4, -0.2) is 22.4 Å². The number of nitrogens with one attached hydrogen (secondary N) is 1. The minimum atomic E-state index is 0.403. The Labute approximate surface area is 115 Å². The van der Waals surface area contributed by atoms with Crippen molar-refractivity contribution in [3.8, 4) is 0 Å². The van der Waals surface area contributed by atoms with E-state index >= 15 is 0 Å². The summed E-state index contributed by atoms with van der Waals surface area (Å²) in [7, 11) is 0. The van der Waals surface area contributed by atoms with Crippen molar-refractivity contribution in [2.24, 2.45) is 0 Å². The second-order valence-electron chi connectivity index (χ2n) is 4.86. The maximum Gasteiger partial charge on any atom is 0.0560 e. The Bertz CT molecular complexity index is 514. The fourth-order valence-electron chi connectivity index (χ4n) is 1.94. The van der Waals surface area contributed by atoms with Crippen LogP contribution in [0.4, 0.5) is 0 Å². The molecule has 1 N–H and O–H groups in total. The molecule has 3 heteroatoms. The smallest absolute Gasteiger partial charge is 0.0560 e. The van der Waals surface area contributed by atoms with E-state index in [9.17, 15) is 0 Å². The molecule has 2 rings (SSSR count). The van der Waals surface area contributed by atoms with E-state index in [-0.39, 0.29) is 0 Å². The molecule has 0 aliphatic rings. The van der Waals surface area contributed by atoms with Crippen molar-refractivity contribution in [2.75, 3.05) is 6.54 Å². The van der Waals surface area contributed by atoms with Gasteiger partial charge in [-0.3, -0.25) is 4.68 Å². The third kappa shape index (κ3) is 4.72. The molecular formula is C16H21N3. The Hall–Kier alpha value is -1.87. The van der Waals surface area contributed by atoms with E-state index in [0.717, 1.165) is 13.1 Å². The predicted molar refractivity (Wildman–Crippen MR) is 79.9 cm³/mol. The molecule has 0 fully saturated rings. The maximum atomic E-state index is 4.29. The van der Waals surface area contributed by atoms with Crippen LogP contribution in [0.1, 0.15) is 18.1 Å². The van der Waals surface area contributed by atoms with Crippen molar-refractivity contribution in [1.82, 2.24) is 15.1 Å². The SMILES string of the molecule is Cc1cnn(CC(C)NC/C=C/c2ccccc2)c1. The second kappa shape index (κ2) is 6.90. The zero-order valence-electron chi connectivity index (χ0n) is 11.6. The number of benzene rings is 1. The molecule has 0 amide bonds. The van der Waals surface area contributed by atoms with Crippen LogP contribution in [0.3, 0.4) is 0 Å². The highest BCUT2D eigenvalue weighted by atomic mass is 15.3. The summed E-state index contributed by atoms with van der Waals surface area (Å²) in [6.07, 6.45) is 8.25. The third-order valence-electron chi connectivity index (χ3n) is 2.92. The fraction of sp³-hybridized carbons (Fsp3) is 0.312. The second-order valence-corrected chi connectivity index (χ2v) is 4.86. The van der Waals surface area contributed by atoms with Gasteiger partial charge in [0.2, 0.25) is 0 Å². The van der Waals surface area contributed by atoms with Gasteiger partial charge < -0.3 is 5.32 Å². The van der Waals surface area contributed by atoms with Crippen LogP contribution >= 0.6 is 0 Å². The molecule has 0 bridgehead atoms. The molecule has 19 heavy (non-hydrogen) atoms. The highest BCUT2D eigenvalue weighted by molar-refractivity contribution is 5.48. The van der Waals surface area contributed by atoms with E-state index in [1.54, 1.807) is 0 Å². The molecule has 0 saturated carbocycles. The van der Waals surface area contributed by atoms with Crippen LogP contribution in [0.25, 0.3) is 6.08 Å².